The van der Waals surface area contributed by atoms with Crippen molar-refractivity contribution in [3.63, 3.8) is 0 Å². The summed E-state index contributed by atoms with van der Waals surface area (Å²) in [4.78, 5) is 2.29. The Hall–Kier alpha value is -0.120. The summed E-state index contributed by atoms with van der Waals surface area (Å²) in [5, 5.41) is 0. The zero-order valence-corrected chi connectivity index (χ0v) is 7.39. The van der Waals surface area contributed by atoms with Gasteiger partial charge in [-0.05, 0) is 13.8 Å². The van der Waals surface area contributed by atoms with Gasteiger partial charge in [-0.2, -0.15) is 0 Å². The van der Waals surface area contributed by atoms with E-state index in [1.165, 1.54) is 0 Å². The monoisotopic (exact) mass is 157 g/mol. The van der Waals surface area contributed by atoms with Crippen LogP contribution in [0.1, 0.15) is 13.8 Å². The molecule has 0 unspecified atom stereocenters. The summed E-state index contributed by atoms with van der Waals surface area (Å²) in [6, 6.07) is 0. The van der Waals surface area contributed by atoms with E-state index in [-0.39, 0.29) is 5.54 Å². The Kier molecular flexibility index (Phi) is 2.87. The van der Waals surface area contributed by atoms with Crippen molar-refractivity contribution < 1.29 is 4.74 Å². The summed E-state index contributed by atoms with van der Waals surface area (Å²) >= 11 is 0. The van der Waals surface area contributed by atoms with E-state index in [0.717, 1.165) is 32.8 Å². The Morgan fingerprint density at radius 1 is 1.36 bits per heavy atom. The average molecular weight is 157 g/mol. The molecule has 0 amide bonds. The average Bonchev–Trinajstić information content (AvgIpc) is 1.85. The van der Waals surface area contributed by atoms with Crippen LogP contribution in [0.5, 0.6) is 0 Å². The molecule has 1 fully saturated rings. The second-order valence-electron chi connectivity index (χ2n) is 3.77. The van der Waals surface area contributed by atoms with Crippen LogP contribution >= 0.6 is 0 Å². The molecular formula is C8H17N2O. The molecule has 0 spiro atoms. The maximum Gasteiger partial charge on any atom is 0.0594 e. The smallest absolute Gasteiger partial charge is 0.0594 e. The highest BCUT2D eigenvalue weighted by Crippen LogP contribution is 2.05. The van der Waals surface area contributed by atoms with Crippen molar-refractivity contribution in [1.82, 2.24) is 10.6 Å². The third-order valence-corrected chi connectivity index (χ3v) is 1.72. The van der Waals surface area contributed by atoms with Crippen molar-refractivity contribution in [2.45, 2.75) is 19.4 Å². The van der Waals surface area contributed by atoms with E-state index in [9.17, 15) is 0 Å². The van der Waals surface area contributed by atoms with Gasteiger partial charge in [-0.3, -0.25) is 10.6 Å². The number of nitrogens with one attached hydrogen (secondary N) is 1. The molecule has 0 atom stereocenters. The Balaban J connectivity index is 2.24. The van der Waals surface area contributed by atoms with E-state index in [4.69, 9.17) is 10.5 Å². The fraction of sp³-hybridized carbons (Fsp3) is 1.00. The minimum Gasteiger partial charge on any atom is -0.379 e. The van der Waals surface area contributed by atoms with E-state index in [1.54, 1.807) is 0 Å². The zero-order valence-electron chi connectivity index (χ0n) is 7.39. The maximum atomic E-state index is 7.69. The van der Waals surface area contributed by atoms with Gasteiger partial charge in [-0.25, -0.2) is 0 Å². The van der Waals surface area contributed by atoms with Crippen LogP contribution in [0, 0.1) is 0 Å². The number of morpholine rings is 1. The highest BCUT2D eigenvalue weighted by molar-refractivity contribution is 4.77. The first kappa shape index (κ1) is 8.97. The molecule has 0 aliphatic carbocycles. The van der Waals surface area contributed by atoms with Crippen molar-refractivity contribution in [3.05, 3.63) is 0 Å². The van der Waals surface area contributed by atoms with Gasteiger partial charge in [0.05, 0.1) is 13.2 Å². The topological polar surface area (TPSA) is 36.3 Å². The molecular weight excluding hydrogens is 140 g/mol. The van der Waals surface area contributed by atoms with Gasteiger partial charge in [0.15, 0.2) is 0 Å². The van der Waals surface area contributed by atoms with E-state index in [1.807, 2.05) is 13.8 Å². The number of hydrogen-bond acceptors (Lipinski definition) is 2. The van der Waals surface area contributed by atoms with Gasteiger partial charge in [-0.15, -0.1) is 0 Å². The molecule has 1 rings (SSSR count). The molecule has 11 heavy (non-hydrogen) atoms. The molecule has 1 saturated heterocycles. The normalized spacial score (nSPS) is 22.1. The molecule has 3 nitrogen and oxygen atoms in total. The molecule has 0 aromatic heterocycles. The van der Waals surface area contributed by atoms with E-state index >= 15 is 0 Å². The summed E-state index contributed by atoms with van der Waals surface area (Å²) in [6.07, 6.45) is 0. The van der Waals surface area contributed by atoms with E-state index in [0.29, 0.717) is 0 Å². The van der Waals surface area contributed by atoms with Gasteiger partial charge in [0.2, 0.25) is 0 Å². The van der Waals surface area contributed by atoms with Crippen LogP contribution in [0.2, 0.25) is 0 Å². The molecule has 3 heteroatoms. The summed E-state index contributed by atoms with van der Waals surface area (Å²) in [6.45, 7) is 8.39. The van der Waals surface area contributed by atoms with E-state index in [2.05, 4.69) is 4.90 Å². The largest absolute Gasteiger partial charge is 0.379 e. The molecule has 0 aromatic carbocycles. The van der Waals surface area contributed by atoms with Crippen LogP contribution in [0.3, 0.4) is 0 Å². The minimum atomic E-state index is -0.322. The van der Waals surface area contributed by atoms with Crippen LogP contribution in [0.15, 0.2) is 0 Å². The Morgan fingerprint density at radius 2 is 1.91 bits per heavy atom. The highest BCUT2D eigenvalue weighted by Gasteiger charge is 2.18. The molecule has 1 aliphatic heterocycles. The van der Waals surface area contributed by atoms with Crippen molar-refractivity contribution in [2.75, 3.05) is 32.8 Å². The van der Waals surface area contributed by atoms with Gasteiger partial charge in [0, 0.05) is 25.2 Å². The summed E-state index contributed by atoms with van der Waals surface area (Å²) in [5.41, 5.74) is 7.36. The third-order valence-electron chi connectivity index (χ3n) is 1.72. The molecule has 1 heterocycles. The lowest BCUT2D eigenvalue weighted by Crippen LogP contribution is -2.45. The molecule has 1 aliphatic rings. The van der Waals surface area contributed by atoms with Crippen molar-refractivity contribution in [1.29, 1.82) is 0 Å². The molecule has 0 bridgehead atoms. The first-order valence-electron chi connectivity index (χ1n) is 4.13. The van der Waals surface area contributed by atoms with Crippen LogP contribution in [0.4, 0.5) is 0 Å². The van der Waals surface area contributed by atoms with Crippen molar-refractivity contribution in [2.24, 2.45) is 0 Å². The van der Waals surface area contributed by atoms with Gasteiger partial charge < -0.3 is 4.74 Å². The number of ether oxygens (including phenoxy) is 1. The van der Waals surface area contributed by atoms with Gasteiger partial charge in [0.25, 0.3) is 0 Å². The molecule has 65 valence electrons. The molecule has 0 saturated carbocycles. The number of hydrogen-bond donors (Lipinski definition) is 0. The predicted octanol–water partition coefficient (Wildman–Crippen LogP) is 0.380. The first-order valence-corrected chi connectivity index (χ1v) is 4.13. The Morgan fingerprint density at radius 3 is 2.36 bits per heavy atom. The quantitative estimate of drug-likeness (QED) is 0.581. The molecule has 1 N–H and O–H groups in total. The fourth-order valence-electron chi connectivity index (χ4n) is 1.32. The number of rotatable bonds is 2. The second kappa shape index (κ2) is 3.52. The van der Waals surface area contributed by atoms with Gasteiger partial charge >= 0.3 is 0 Å². The molecule has 1 radical (unpaired) electrons. The number of nitrogens with zero attached hydrogens (tertiary/aromatic N) is 1. The fourth-order valence-corrected chi connectivity index (χ4v) is 1.32. The Labute approximate surface area is 68.5 Å². The second-order valence-corrected chi connectivity index (χ2v) is 3.77. The standard InChI is InChI=1S/C8H17N2O/c1-8(2,9)7-10-3-5-11-6-4-10/h9H,3-7H2,1-2H3. The third kappa shape index (κ3) is 3.70. The first-order chi connectivity index (χ1) is 5.08. The summed E-state index contributed by atoms with van der Waals surface area (Å²) in [5.74, 6) is 0. The lowest BCUT2D eigenvalue weighted by molar-refractivity contribution is 0.0297. The summed E-state index contributed by atoms with van der Waals surface area (Å²) < 4.78 is 5.21. The van der Waals surface area contributed by atoms with Crippen LogP contribution in [0.25, 0.3) is 0 Å². The molecule has 0 aromatic rings. The van der Waals surface area contributed by atoms with E-state index < -0.39 is 0 Å². The van der Waals surface area contributed by atoms with Crippen molar-refractivity contribution in [3.8, 4) is 0 Å². The summed E-state index contributed by atoms with van der Waals surface area (Å²) in [7, 11) is 0. The SMILES string of the molecule is CC(C)([NH])CN1CCOCC1. The van der Waals surface area contributed by atoms with Crippen LogP contribution in [-0.2, 0) is 4.74 Å². The highest BCUT2D eigenvalue weighted by atomic mass is 16.5. The van der Waals surface area contributed by atoms with Gasteiger partial charge in [-0.1, -0.05) is 0 Å². The van der Waals surface area contributed by atoms with Crippen molar-refractivity contribution >= 4 is 0 Å². The lowest BCUT2D eigenvalue weighted by Gasteiger charge is -2.31. The minimum absolute atomic E-state index is 0.322. The lowest BCUT2D eigenvalue weighted by atomic mass is 10.1. The van der Waals surface area contributed by atoms with Gasteiger partial charge in [0.1, 0.15) is 0 Å². The maximum absolute atomic E-state index is 7.69. The van der Waals surface area contributed by atoms with Crippen LogP contribution in [-0.4, -0.2) is 43.3 Å². The predicted molar refractivity (Wildman–Crippen MR) is 44.4 cm³/mol. The zero-order chi connectivity index (χ0) is 8.32. The van der Waals surface area contributed by atoms with Crippen LogP contribution < -0.4 is 5.73 Å². The Bertz CT molecular complexity index is 114.